The topological polar surface area (TPSA) is 67.3 Å². The molecular weight excluding hydrogens is 302 g/mol. The van der Waals surface area contributed by atoms with Crippen molar-refractivity contribution in [2.75, 3.05) is 13.2 Å². The fourth-order valence-corrected chi connectivity index (χ4v) is 2.57. The van der Waals surface area contributed by atoms with E-state index in [0.717, 1.165) is 27.7 Å². The molecule has 0 unspecified atom stereocenters. The second-order valence-electron chi connectivity index (χ2n) is 5.63. The summed E-state index contributed by atoms with van der Waals surface area (Å²) in [5.74, 6) is 0.599. The van der Waals surface area contributed by atoms with Crippen LogP contribution in [0.3, 0.4) is 0 Å². The van der Waals surface area contributed by atoms with Gasteiger partial charge in [-0.3, -0.25) is 14.8 Å². The van der Waals surface area contributed by atoms with Crippen molar-refractivity contribution in [2.45, 2.75) is 13.8 Å². The number of nitrogens with zero attached hydrogens (tertiary/aromatic N) is 2. The normalized spacial score (nSPS) is 11.2. The summed E-state index contributed by atoms with van der Waals surface area (Å²) in [6.07, 6.45) is 5.35. The summed E-state index contributed by atoms with van der Waals surface area (Å²) >= 11 is 0. The van der Waals surface area contributed by atoms with Crippen LogP contribution >= 0.6 is 0 Å². The minimum absolute atomic E-state index is 0.000924. The molecule has 3 aromatic rings. The molecule has 0 atom stereocenters. The first kappa shape index (κ1) is 15.9. The smallest absolute Gasteiger partial charge is 0.191 e. The number of rotatable bonds is 6. The predicted octanol–water partition coefficient (Wildman–Crippen LogP) is 3.25. The molecule has 0 aliphatic carbocycles. The number of carbonyl (C=O) groups is 1. The summed E-state index contributed by atoms with van der Waals surface area (Å²) in [6, 6.07) is 9.80. The van der Waals surface area contributed by atoms with Crippen LogP contribution in [0.4, 0.5) is 0 Å². The minimum Gasteiger partial charge on any atom is -0.484 e. The maximum atomic E-state index is 12.0. The zero-order valence-electron chi connectivity index (χ0n) is 13.7. The Morgan fingerprint density at radius 3 is 3.00 bits per heavy atom. The number of benzene rings is 1. The third kappa shape index (κ3) is 3.51. The quantitative estimate of drug-likeness (QED) is 0.709. The lowest BCUT2D eigenvalue weighted by atomic mass is 10.1. The van der Waals surface area contributed by atoms with E-state index in [0.29, 0.717) is 5.75 Å². The number of hydrogen-bond donors (Lipinski definition) is 1. The van der Waals surface area contributed by atoms with Crippen molar-refractivity contribution in [3.05, 3.63) is 59.5 Å². The molecule has 0 aliphatic rings. The number of ether oxygens (including phenoxy) is 1. The van der Waals surface area contributed by atoms with Crippen LogP contribution in [0.25, 0.3) is 10.9 Å². The van der Waals surface area contributed by atoms with Crippen LogP contribution in [-0.4, -0.2) is 35.1 Å². The predicted molar refractivity (Wildman–Crippen MR) is 95.0 cm³/mol. The van der Waals surface area contributed by atoms with Gasteiger partial charge in [-0.05, 0) is 37.6 Å². The molecule has 0 saturated carbocycles. The van der Waals surface area contributed by atoms with E-state index in [1.54, 1.807) is 12.4 Å². The van der Waals surface area contributed by atoms with Crippen molar-refractivity contribution in [1.82, 2.24) is 9.97 Å². The highest BCUT2D eigenvalue weighted by atomic mass is 16.5. The van der Waals surface area contributed by atoms with E-state index >= 15 is 0 Å². The molecule has 0 saturated heterocycles. The maximum absolute atomic E-state index is 12.0. The first-order valence-electron chi connectivity index (χ1n) is 7.78. The number of nitrogens with one attached hydrogen (secondary N) is 1. The summed E-state index contributed by atoms with van der Waals surface area (Å²) < 4.78 is 5.60. The van der Waals surface area contributed by atoms with Gasteiger partial charge >= 0.3 is 0 Å². The second kappa shape index (κ2) is 7.08. The number of carbonyl (C=O) groups excluding carboxylic acids is 1. The number of aromatic amines is 1. The number of aryl methyl sites for hydroxylation is 2. The Labute approximate surface area is 140 Å². The molecule has 0 aliphatic heterocycles. The van der Waals surface area contributed by atoms with Crippen molar-refractivity contribution >= 4 is 22.9 Å². The monoisotopic (exact) mass is 321 g/mol. The van der Waals surface area contributed by atoms with Gasteiger partial charge in [0.25, 0.3) is 0 Å². The number of aromatic nitrogens is 2. The van der Waals surface area contributed by atoms with E-state index < -0.39 is 0 Å². The van der Waals surface area contributed by atoms with Gasteiger partial charge in [0.05, 0.1) is 5.69 Å². The maximum Gasteiger partial charge on any atom is 0.191 e. The summed E-state index contributed by atoms with van der Waals surface area (Å²) in [5.41, 5.74) is 3.79. The largest absolute Gasteiger partial charge is 0.484 e. The van der Waals surface area contributed by atoms with Gasteiger partial charge in [0.2, 0.25) is 0 Å². The molecular formula is C19H19N3O2. The zero-order chi connectivity index (χ0) is 16.9. The first-order valence-corrected chi connectivity index (χ1v) is 7.78. The lowest BCUT2D eigenvalue weighted by Crippen LogP contribution is -2.15. The molecule has 0 radical (unpaired) electrons. The second-order valence-corrected chi connectivity index (χ2v) is 5.63. The van der Waals surface area contributed by atoms with E-state index in [-0.39, 0.29) is 18.9 Å². The fraction of sp³-hybridized carbons (Fsp3) is 0.211. The highest BCUT2D eigenvalue weighted by Gasteiger charge is 2.07. The van der Waals surface area contributed by atoms with E-state index in [1.165, 1.54) is 0 Å². The van der Waals surface area contributed by atoms with Crippen molar-refractivity contribution in [3.8, 4) is 5.75 Å². The molecule has 1 aromatic carbocycles. The number of H-pyrrole nitrogens is 1. The van der Waals surface area contributed by atoms with E-state index in [4.69, 9.17) is 4.74 Å². The average molecular weight is 321 g/mol. The Morgan fingerprint density at radius 1 is 1.29 bits per heavy atom. The summed E-state index contributed by atoms with van der Waals surface area (Å²) in [7, 11) is 0. The molecule has 0 bridgehead atoms. The van der Waals surface area contributed by atoms with Crippen LogP contribution in [0, 0.1) is 13.8 Å². The molecule has 0 fully saturated rings. The van der Waals surface area contributed by atoms with Gasteiger partial charge < -0.3 is 9.72 Å². The first-order chi connectivity index (χ1) is 11.6. The third-order valence-corrected chi connectivity index (χ3v) is 3.78. The Bertz CT molecular complexity index is 876. The Morgan fingerprint density at radius 2 is 2.17 bits per heavy atom. The van der Waals surface area contributed by atoms with E-state index in [9.17, 15) is 4.79 Å². The van der Waals surface area contributed by atoms with Crippen LogP contribution in [0.15, 0.2) is 47.7 Å². The third-order valence-electron chi connectivity index (χ3n) is 3.78. The van der Waals surface area contributed by atoms with E-state index in [1.807, 2.05) is 50.4 Å². The van der Waals surface area contributed by atoms with Crippen molar-refractivity contribution in [2.24, 2.45) is 4.99 Å². The number of fused-ring (bicyclic) bond motifs is 1. The number of pyridine rings is 1. The lowest BCUT2D eigenvalue weighted by molar-refractivity contribution is -0.119. The molecule has 0 spiro atoms. The van der Waals surface area contributed by atoms with Gasteiger partial charge in [-0.25, -0.2) is 0 Å². The molecule has 2 heterocycles. The Balaban J connectivity index is 1.59. The van der Waals surface area contributed by atoms with Crippen molar-refractivity contribution < 1.29 is 9.53 Å². The molecule has 122 valence electrons. The van der Waals surface area contributed by atoms with Gasteiger partial charge in [-0.1, -0.05) is 12.1 Å². The standard InChI is InChI=1S/C19H19N3O2/c1-13-6-8-21-14(2)19(13)24-12-16(23)11-20-10-15-4-3-5-18-17(15)7-9-22-18/h3-10,22H,11-12H2,1-2H3. The molecule has 0 amide bonds. The van der Waals surface area contributed by atoms with Gasteiger partial charge in [-0.15, -0.1) is 0 Å². The Kier molecular flexibility index (Phi) is 4.70. The van der Waals surface area contributed by atoms with Crippen molar-refractivity contribution in [3.63, 3.8) is 0 Å². The molecule has 24 heavy (non-hydrogen) atoms. The summed E-state index contributed by atoms with van der Waals surface area (Å²) in [4.78, 5) is 23.6. The zero-order valence-corrected chi connectivity index (χ0v) is 13.7. The molecule has 1 N–H and O–H groups in total. The number of Topliss-reactive ketones (excluding diaryl/α,β-unsaturated/α-hetero) is 1. The van der Waals surface area contributed by atoms with Gasteiger partial charge in [0.15, 0.2) is 5.78 Å². The number of ketones is 1. The molecule has 5 nitrogen and oxygen atoms in total. The number of aliphatic imine (C=N–C) groups is 1. The van der Waals surface area contributed by atoms with Crippen molar-refractivity contribution in [1.29, 1.82) is 0 Å². The minimum atomic E-state index is -0.0739. The van der Waals surface area contributed by atoms with Crippen LogP contribution in [0.2, 0.25) is 0 Å². The van der Waals surface area contributed by atoms with Gasteiger partial charge in [0, 0.05) is 35.1 Å². The van der Waals surface area contributed by atoms with Gasteiger partial charge in [-0.2, -0.15) is 0 Å². The van der Waals surface area contributed by atoms with Gasteiger partial charge in [0.1, 0.15) is 18.9 Å². The molecule has 2 aromatic heterocycles. The summed E-state index contributed by atoms with van der Waals surface area (Å²) in [5, 5.41) is 1.09. The molecule has 3 rings (SSSR count). The summed E-state index contributed by atoms with van der Waals surface area (Å²) in [6.45, 7) is 3.89. The van der Waals surface area contributed by atoms with Crippen LogP contribution in [0.5, 0.6) is 5.75 Å². The highest BCUT2D eigenvalue weighted by Crippen LogP contribution is 2.20. The Hall–Kier alpha value is -2.95. The number of hydrogen-bond acceptors (Lipinski definition) is 4. The van der Waals surface area contributed by atoms with E-state index in [2.05, 4.69) is 15.0 Å². The highest BCUT2D eigenvalue weighted by molar-refractivity contribution is 5.99. The average Bonchev–Trinajstić information content (AvgIpc) is 3.04. The van der Waals surface area contributed by atoms with Crippen LogP contribution in [0.1, 0.15) is 16.8 Å². The SMILES string of the molecule is Cc1ccnc(C)c1OCC(=O)CN=Cc1cccc2[nH]ccc12. The van der Waals surface area contributed by atoms with Crippen LogP contribution in [-0.2, 0) is 4.79 Å². The lowest BCUT2D eigenvalue weighted by Gasteiger charge is -2.09. The fourth-order valence-electron chi connectivity index (χ4n) is 2.57. The van der Waals surface area contributed by atoms with Crippen LogP contribution < -0.4 is 4.74 Å². The molecule has 5 heteroatoms.